The van der Waals surface area contributed by atoms with E-state index < -0.39 is 0 Å². The summed E-state index contributed by atoms with van der Waals surface area (Å²) in [5.41, 5.74) is 0. The molecule has 5 heteroatoms. The maximum Gasteiger partial charge on any atom is 0.407 e. The maximum absolute atomic E-state index is 10.8. The van der Waals surface area contributed by atoms with Crippen molar-refractivity contribution in [1.29, 1.82) is 0 Å². The van der Waals surface area contributed by atoms with E-state index in [1.807, 2.05) is 0 Å². The lowest BCUT2D eigenvalue weighted by Crippen LogP contribution is -2.55. The molecule has 0 spiro atoms. The van der Waals surface area contributed by atoms with E-state index in [4.69, 9.17) is 4.74 Å². The van der Waals surface area contributed by atoms with E-state index in [2.05, 4.69) is 10.6 Å². The number of amides is 1. The maximum atomic E-state index is 10.8. The highest BCUT2D eigenvalue weighted by Gasteiger charge is 2.31. The molecule has 0 aromatic carbocycles. The van der Waals surface area contributed by atoms with Gasteiger partial charge in [-0.15, -0.1) is 12.4 Å². The van der Waals surface area contributed by atoms with Gasteiger partial charge in [0.25, 0.3) is 0 Å². The normalized spacial score (nSPS) is 33.8. The summed E-state index contributed by atoms with van der Waals surface area (Å²) in [6.07, 6.45) is 0.771. The number of carbonyl (C=O) groups is 1. The van der Waals surface area contributed by atoms with Gasteiger partial charge in [0.1, 0.15) is 0 Å². The van der Waals surface area contributed by atoms with Gasteiger partial charge in [0.05, 0.1) is 6.61 Å². The lowest BCUT2D eigenvalue weighted by molar-refractivity contribution is 0.0703. The Bertz CT molecular complexity index is 177. The van der Waals surface area contributed by atoms with Gasteiger partial charge in [0.15, 0.2) is 0 Å². The summed E-state index contributed by atoms with van der Waals surface area (Å²) in [5.74, 6) is 0.474. The second-order valence-corrected chi connectivity index (χ2v) is 3.10. The predicted molar refractivity (Wildman–Crippen MR) is 46.5 cm³/mol. The average Bonchev–Trinajstić information content (AvgIpc) is 2.04. The van der Waals surface area contributed by atoms with Crippen LogP contribution < -0.4 is 10.6 Å². The monoisotopic (exact) mass is 192 g/mol. The molecule has 2 N–H and O–H groups in total. The van der Waals surface area contributed by atoms with Crippen LogP contribution in [0.2, 0.25) is 0 Å². The van der Waals surface area contributed by atoms with E-state index in [9.17, 15) is 4.79 Å². The zero-order chi connectivity index (χ0) is 7.68. The SMILES string of the molecule is Cl.O=C1NC2CCNCC2CO1. The molecule has 0 radical (unpaired) electrons. The summed E-state index contributed by atoms with van der Waals surface area (Å²) in [5, 5.41) is 6.08. The van der Waals surface area contributed by atoms with Crippen molar-refractivity contribution in [1.82, 2.24) is 10.6 Å². The third-order valence-electron chi connectivity index (χ3n) is 2.34. The predicted octanol–water partition coefficient (Wildman–Crippen LogP) is 0.126. The molecule has 2 unspecified atom stereocenters. The summed E-state index contributed by atoms with van der Waals surface area (Å²) >= 11 is 0. The molecule has 0 aromatic rings. The standard InChI is InChI=1S/C7H12N2O2.ClH/c10-7-9-6-1-2-8-3-5(6)4-11-7;/h5-6,8H,1-4H2,(H,9,10);1H. The van der Waals surface area contributed by atoms with Crippen LogP contribution in [0.3, 0.4) is 0 Å². The van der Waals surface area contributed by atoms with Crippen molar-refractivity contribution in [3.8, 4) is 0 Å². The first-order chi connectivity index (χ1) is 5.36. The van der Waals surface area contributed by atoms with Crippen LogP contribution in [0.15, 0.2) is 0 Å². The minimum absolute atomic E-state index is 0. The summed E-state index contributed by atoms with van der Waals surface area (Å²) in [7, 11) is 0. The fourth-order valence-corrected chi connectivity index (χ4v) is 1.66. The van der Waals surface area contributed by atoms with Gasteiger partial charge in [-0.2, -0.15) is 0 Å². The molecule has 0 saturated carbocycles. The number of rotatable bonds is 0. The second kappa shape index (κ2) is 3.96. The van der Waals surface area contributed by atoms with Crippen molar-refractivity contribution in [2.45, 2.75) is 12.5 Å². The van der Waals surface area contributed by atoms with Gasteiger partial charge in [-0.3, -0.25) is 0 Å². The Balaban J connectivity index is 0.000000720. The summed E-state index contributed by atoms with van der Waals surface area (Å²) in [6.45, 7) is 2.54. The quantitative estimate of drug-likeness (QED) is 0.574. The molecule has 2 atom stereocenters. The van der Waals surface area contributed by atoms with Gasteiger partial charge in [-0.05, 0) is 13.0 Å². The molecule has 0 bridgehead atoms. The van der Waals surface area contributed by atoms with Crippen LogP contribution in [0.25, 0.3) is 0 Å². The van der Waals surface area contributed by atoms with Gasteiger partial charge in [-0.25, -0.2) is 4.79 Å². The fourth-order valence-electron chi connectivity index (χ4n) is 1.66. The van der Waals surface area contributed by atoms with E-state index in [0.29, 0.717) is 18.6 Å². The van der Waals surface area contributed by atoms with Crippen molar-refractivity contribution >= 4 is 18.5 Å². The zero-order valence-electron chi connectivity index (χ0n) is 6.71. The van der Waals surface area contributed by atoms with Crippen molar-refractivity contribution in [2.75, 3.05) is 19.7 Å². The smallest absolute Gasteiger partial charge is 0.407 e. The van der Waals surface area contributed by atoms with Crippen LogP contribution in [-0.4, -0.2) is 31.8 Å². The number of halogens is 1. The number of cyclic esters (lactones) is 1. The molecule has 2 heterocycles. The number of hydrogen-bond acceptors (Lipinski definition) is 3. The summed E-state index contributed by atoms with van der Waals surface area (Å²) < 4.78 is 4.86. The molecule has 1 amide bonds. The number of fused-ring (bicyclic) bond motifs is 1. The molecule has 2 aliphatic rings. The molecule has 0 aliphatic carbocycles. The largest absolute Gasteiger partial charge is 0.449 e. The molecule has 70 valence electrons. The Labute approximate surface area is 77.4 Å². The van der Waals surface area contributed by atoms with Gasteiger partial charge >= 0.3 is 6.09 Å². The number of ether oxygens (including phenoxy) is 1. The number of nitrogens with one attached hydrogen (secondary N) is 2. The highest BCUT2D eigenvalue weighted by atomic mass is 35.5. The first kappa shape index (κ1) is 9.61. The van der Waals surface area contributed by atoms with Crippen LogP contribution in [0.4, 0.5) is 4.79 Å². The van der Waals surface area contributed by atoms with Crippen molar-refractivity contribution in [2.24, 2.45) is 5.92 Å². The molecule has 0 aromatic heterocycles. The van der Waals surface area contributed by atoms with Crippen molar-refractivity contribution in [3.63, 3.8) is 0 Å². The minimum atomic E-state index is -0.256. The van der Waals surface area contributed by atoms with E-state index >= 15 is 0 Å². The Kier molecular flexibility index (Phi) is 3.17. The van der Waals surface area contributed by atoms with E-state index in [1.165, 1.54) is 0 Å². The summed E-state index contributed by atoms with van der Waals surface area (Å²) in [6, 6.07) is 0.345. The van der Waals surface area contributed by atoms with Gasteiger partial charge < -0.3 is 15.4 Å². The van der Waals surface area contributed by atoms with Crippen molar-refractivity contribution in [3.05, 3.63) is 0 Å². The number of carbonyl (C=O) groups excluding carboxylic acids is 1. The molecule has 2 saturated heterocycles. The number of alkyl carbamates (subject to hydrolysis) is 1. The molecule has 4 nitrogen and oxygen atoms in total. The number of hydrogen-bond donors (Lipinski definition) is 2. The molecule has 2 aliphatic heterocycles. The fraction of sp³-hybridized carbons (Fsp3) is 0.857. The zero-order valence-corrected chi connectivity index (χ0v) is 7.52. The highest BCUT2D eigenvalue weighted by molar-refractivity contribution is 5.85. The third-order valence-corrected chi connectivity index (χ3v) is 2.34. The van der Waals surface area contributed by atoms with Crippen LogP contribution in [-0.2, 0) is 4.74 Å². The van der Waals surface area contributed by atoms with E-state index in [1.54, 1.807) is 0 Å². The molecular weight excluding hydrogens is 180 g/mol. The highest BCUT2D eigenvalue weighted by Crippen LogP contribution is 2.15. The first-order valence-electron chi connectivity index (χ1n) is 4.00. The third kappa shape index (κ3) is 1.81. The Morgan fingerprint density at radius 3 is 3.17 bits per heavy atom. The lowest BCUT2D eigenvalue weighted by Gasteiger charge is -2.35. The van der Waals surface area contributed by atoms with E-state index in [-0.39, 0.29) is 18.5 Å². The van der Waals surface area contributed by atoms with Crippen LogP contribution in [0, 0.1) is 5.92 Å². The van der Waals surface area contributed by atoms with E-state index in [0.717, 1.165) is 19.5 Å². The molecule has 2 rings (SSSR count). The van der Waals surface area contributed by atoms with Gasteiger partial charge in [0, 0.05) is 18.5 Å². The van der Waals surface area contributed by atoms with Crippen LogP contribution in [0.1, 0.15) is 6.42 Å². The lowest BCUT2D eigenvalue weighted by atomic mass is 9.93. The molecule has 12 heavy (non-hydrogen) atoms. The van der Waals surface area contributed by atoms with Crippen LogP contribution >= 0.6 is 12.4 Å². The van der Waals surface area contributed by atoms with Gasteiger partial charge in [-0.1, -0.05) is 0 Å². The second-order valence-electron chi connectivity index (χ2n) is 3.10. The topological polar surface area (TPSA) is 50.4 Å². The summed E-state index contributed by atoms with van der Waals surface area (Å²) in [4.78, 5) is 10.8. The first-order valence-corrected chi connectivity index (χ1v) is 4.00. The average molecular weight is 193 g/mol. The Morgan fingerprint density at radius 2 is 2.33 bits per heavy atom. The Hall–Kier alpha value is -0.480. The number of piperidine rings is 1. The Morgan fingerprint density at radius 1 is 1.50 bits per heavy atom. The van der Waals surface area contributed by atoms with Gasteiger partial charge in [0.2, 0.25) is 0 Å². The van der Waals surface area contributed by atoms with Crippen molar-refractivity contribution < 1.29 is 9.53 Å². The minimum Gasteiger partial charge on any atom is -0.449 e. The van der Waals surface area contributed by atoms with Crippen LogP contribution in [0.5, 0.6) is 0 Å². The molecule has 2 fully saturated rings. The molecular formula is C7H13ClN2O2.